The summed E-state index contributed by atoms with van der Waals surface area (Å²) in [5.41, 5.74) is 1.19. The molecule has 1 aliphatic rings. The highest BCUT2D eigenvalue weighted by Crippen LogP contribution is 2.30. The van der Waals surface area contributed by atoms with Crippen LogP contribution in [-0.2, 0) is 0 Å². The maximum atomic E-state index is 12.2. The first-order chi connectivity index (χ1) is 11.6. The first kappa shape index (κ1) is 15.9. The summed E-state index contributed by atoms with van der Waals surface area (Å²) in [5, 5.41) is 19.6. The molecule has 7 nitrogen and oxygen atoms in total. The number of piperidine rings is 1. The molecule has 1 aliphatic heterocycles. The molecule has 1 aromatic carbocycles. The Bertz CT molecular complexity index is 728. The number of carbonyl (C=O) groups excluding carboxylic acids is 1. The predicted octanol–water partition coefficient (Wildman–Crippen LogP) is 2.59. The topological polar surface area (TPSA) is 95.4 Å². The van der Waals surface area contributed by atoms with Crippen LogP contribution in [0.2, 0.25) is 0 Å². The monoisotopic (exact) mass is 326 g/mol. The molecule has 1 aromatic heterocycles. The molecule has 0 unspecified atom stereocenters. The van der Waals surface area contributed by atoms with E-state index < -0.39 is 5.97 Å². The van der Waals surface area contributed by atoms with E-state index in [1.165, 1.54) is 0 Å². The van der Waals surface area contributed by atoms with Gasteiger partial charge in [-0.05, 0) is 42.5 Å². The highest BCUT2D eigenvalue weighted by molar-refractivity contribution is 5.90. The number of hydrogen-bond acceptors (Lipinski definition) is 4. The van der Waals surface area contributed by atoms with E-state index in [0.29, 0.717) is 24.5 Å². The maximum Gasteiger partial charge on any atom is 0.335 e. The van der Waals surface area contributed by atoms with E-state index in [0.717, 1.165) is 18.4 Å². The number of urea groups is 1. The Morgan fingerprint density at radius 2 is 1.88 bits per heavy atom. The van der Waals surface area contributed by atoms with Gasteiger partial charge in [-0.25, -0.2) is 9.59 Å². The number of aromatic carboxylic acids is 1. The van der Waals surface area contributed by atoms with Crippen LogP contribution >= 0.6 is 0 Å². The lowest BCUT2D eigenvalue weighted by Crippen LogP contribution is -2.40. The van der Waals surface area contributed by atoms with Gasteiger partial charge in [-0.1, -0.05) is 18.2 Å². The number of carboxylic acids is 1. The van der Waals surface area contributed by atoms with Crippen molar-refractivity contribution in [3.8, 4) is 0 Å². The van der Waals surface area contributed by atoms with E-state index in [1.54, 1.807) is 35.4 Å². The smallest absolute Gasteiger partial charge is 0.335 e. The third kappa shape index (κ3) is 3.51. The number of carbonyl (C=O) groups is 2. The summed E-state index contributed by atoms with van der Waals surface area (Å²) in [6.45, 7) is 1.15. The minimum absolute atomic E-state index is 0.151. The molecule has 3 rings (SSSR count). The van der Waals surface area contributed by atoms with Crippen LogP contribution in [0.4, 0.5) is 10.6 Å². The summed E-state index contributed by atoms with van der Waals surface area (Å²) in [6.07, 6.45) is 3.01. The highest BCUT2D eigenvalue weighted by atomic mass is 16.4. The zero-order chi connectivity index (χ0) is 16.9. The molecule has 2 aromatic rings. The Morgan fingerprint density at radius 3 is 2.54 bits per heavy atom. The Balaban J connectivity index is 1.62. The van der Waals surface area contributed by atoms with E-state index in [1.807, 2.05) is 12.1 Å². The van der Waals surface area contributed by atoms with Gasteiger partial charge in [0, 0.05) is 19.3 Å². The summed E-state index contributed by atoms with van der Waals surface area (Å²) in [4.78, 5) is 25.3. The van der Waals surface area contributed by atoms with Gasteiger partial charge in [-0.3, -0.25) is 5.32 Å². The third-order valence-corrected chi connectivity index (χ3v) is 4.22. The van der Waals surface area contributed by atoms with Crippen LogP contribution in [0.25, 0.3) is 0 Å². The molecule has 1 fully saturated rings. The molecule has 7 heteroatoms. The molecule has 0 bridgehead atoms. The van der Waals surface area contributed by atoms with Gasteiger partial charge in [0.05, 0.1) is 5.56 Å². The summed E-state index contributed by atoms with van der Waals surface area (Å²) in [5.74, 6) is -0.341. The summed E-state index contributed by atoms with van der Waals surface area (Å²) in [6, 6.07) is 10.3. The molecule has 0 atom stereocenters. The van der Waals surface area contributed by atoms with Gasteiger partial charge in [0.2, 0.25) is 0 Å². The average Bonchev–Trinajstić information content (AvgIpc) is 2.62. The maximum absolute atomic E-state index is 12.2. The van der Waals surface area contributed by atoms with Crippen molar-refractivity contribution in [3.63, 3.8) is 0 Å². The highest BCUT2D eigenvalue weighted by Gasteiger charge is 2.26. The molecular weight excluding hydrogens is 308 g/mol. The summed E-state index contributed by atoms with van der Waals surface area (Å²) in [7, 11) is 0. The van der Waals surface area contributed by atoms with E-state index in [4.69, 9.17) is 0 Å². The van der Waals surface area contributed by atoms with Crippen LogP contribution in [0.5, 0.6) is 0 Å². The fourth-order valence-corrected chi connectivity index (χ4v) is 3.00. The molecule has 2 amide bonds. The number of amides is 2. The number of nitrogens with zero attached hydrogens (tertiary/aromatic N) is 3. The summed E-state index contributed by atoms with van der Waals surface area (Å²) >= 11 is 0. The van der Waals surface area contributed by atoms with Gasteiger partial charge in [0.1, 0.15) is 0 Å². The Morgan fingerprint density at radius 1 is 1.12 bits per heavy atom. The van der Waals surface area contributed by atoms with E-state index in [-0.39, 0.29) is 11.9 Å². The Labute approximate surface area is 139 Å². The van der Waals surface area contributed by atoms with E-state index in [9.17, 15) is 14.7 Å². The van der Waals surface area contributed by atoms with Crippen LogP contribution in [0.15, 0.2) is 42.6 Å². The van der Waals surface area contributed by atoms with Gasteiger partial charge in [-0.15, -0.1) is 5.10 Å². The van der Waals surface area contributed by atoms with Crippen LogP contribution in [-0.4, -0.2) is 45.3 Å². The van der Waals surface area contributed by atoms with Crippen molar-refractivity contribution in [1.29, 1.82) is 0 Å². The van der Waals surface area contributed by atoms with Gasteiger partial charge in [0.25, 0.3) is 0 Å². The van der Waals surface area contributed by atoms with Crippen molar-refractivity contribution in [1.82, 2.24) is 15.1 Å². The van der Waals surface area contributed by atoms with Crippen molar-refractivity contribution in [2.75, 3.05) is 18.4 Å². The lowest BCUT2D eigenvalue weighted by Gasteiger charge is -2.32. The minimum atomic E-state index is -0.909. The van der Waals surface area contributed by atoms with Gasteiger partial charge in [0.15, 0.2) is 5.82 Å². The van der Waals surface area contributed by atoms with Crippen LogP contribution < -0.4 is 5.32 Å². The first-order valence-electron chi connectivity index (χ1n) is 7.81. The van der Waals surface area contributed by atoms with Crippen molar-refractivity contribution >= 4 is 17.8 Å². The number of rotatable bonds is 3. The predicted molar refractivity (Wildman–Crippen MR) is 88.0 cm³/mol. The molecule has 24 heavy (non-hydrogen) atoms. The third-order valence-electron chi connectivity index (χ3n) is 4.22. The number of likely N-dealkylation sites (tertiary alicyclic amines) is 1. The molecule has 124 valence electrons. The molecule has 1 saturated heterocycles. The number of hydrogen-bond donors (Lipinski definition) is 2. The van der Waals surface area contributed by atoms with Crippen molar-refractivity contribution < 1.29 is 14.7 Å². The van der Waals surface area contributed by atoms with E-state index >= 15 is 0 Å². The average molecular weight is 326 g/mol. The molecular formula is C17H18N4O3. The van der Waals surface area contributed by atoms with Gasteiger partial charge >= 0.3 is 12.0 Å². The largest absolute Gasteiger partial charge is 0.478 e. The lowest BCUT2D eigenvalue weighted by atomic mass is 9.86. The lowest BCUT2D eigenvalue weighted by molar-refractivity contribution is 0.0694. The number of aromatic nitrogens is 2. The molecule has 0 aliphatic carbocycles. The molecule has 2 heterocycles. The molecule has 2 N–H and O–H groups in total. The first-order valence-corrected chi connectivity index (χ1v) is 7.81. The zero-order valence-corrected chi connectivity index (χ0v) is 13.1. The molecule has 0 spiro atoms. The standard InChI is InChI=1S/C17H18N4O3/c22-16(23)14-5-2-1-4-13(14)12-7-10-21(11-8-12)17(24)19-15-6-3-9-18-20-15/h1-6,9,12H,7-8,10-11H2,(H,22,23)(H,19,20,24). The van der Waals surface area contributed by atoms with Crippen molar-refractivity contribution in [2.45, 2.75) is 18.8 Å². The van der Waals surface area contributed by atoms with Crippen LogP contribution in [0.3, 0.4) is 0 Å². The zero-order valence-electron chi connectivity index (χ0n) is 13.1. The second-order valence-electron chi connectivity index (χ2n) is 5.69. The second kappa shape index (κ2) is 7.08. The van der Waals surface area contributed by atoms with Crippen LogP contribution in [0, 0.1) is 0 Å². The molecule has 0 radical (unpaired) electrons. The number of anilines is 1. The summed E-state index contributed by atoms with van der Waals surface area (Å²) < 4.78 is 0. The fourth-order valence-electron chi connectivity index (χ4n) is 3.00. The van der Waals surface area contributed by atoms with Gasteiger partial charge in [-0.2, -0.15) is 5.10 Å². The fraction of sp³-hybridized carbons (Fsp3) is 0.294. The SMILES string of the molecule is O=C(O)c1ccccc1C1CCN(C(=O)Nc2cccnn2)CC1. The Kier molecular flexibility index (Phi) is 4.69. The Hall–Kier alpha value is -2.96. The normalized spacial score (nSPS) is 15.1. The van der Waals surface area contributed by atoms with Crippen molar-refractivity contribution in [3.05, 3.63) is 53.7 Å². The van der Waals surface area contributed by atoms with Crippen molar-refractivity contribution in [2.24, 2.45) is 0 Å². The second-order valence-corrected chi connectivity index (χ2v) is 5.69. The van der Waals surface area contributed by atoms with E-state index in [2.05, 4.69) is 15.5 Å². The van der Waals surface area contributed by atoms with Crippen LogP contribution in [0.1, 0.15) is 34.7 Å². The quantitative estimate of drug-likeness (QED) is 0.904. The minimum Gasteiger partial charge on any atom is -0.478 e. The molecule has 0 saturated carbocycles. The van der Waals surface area contributed by atoms with Gasteiger partial charge < -0.3 is 10.0 Å². The number of benzene rings is 1. The number of nitrogens with one attached hydrogen (secondary N) is 1. The number of carboxylic acid groups (broad SMARTS) is 1.